The summed E-state index contributed by atoms with van der Waals surface area (Å²) in [7, 11) is 0. The van der Waals surface area contributed by atoms with E-state index in [0.29, 0.717) is 0 Å². The molecule has 0 N–H and O–H groups in total. The number of aryl methyl sites for hydroxylation is 2. The van der Waals surface area contributed by atoms with Gasteiger partial charge in [-0.15, -0.1) is 18.2 Å². The number of rotatable bonds is 6. The van der Waals surface area contributed by atoms with E-state index >= 15 is 0 Å². The van der Waals surface area contributed by atoms with E-state index in [4.69, 9.17) is 11.6 Å². The van der Waals surface area contributed by atoms with Crippen LogP contribution in [0.5, 0.6) is 0 Å². The highest BCUT2D eigenvalue weighted by atomic mass is 35.5. The van der Waals surface area contributed by atoms with Gasteiger partial charge < -0.3 is 0 Å². The highest BCUT2D eigenvalue weighted by Gasteiger charge is 2.24. The number of hydrogen-bond acceptors (Lipinski definition) is 0. The minimum Gasteiger partial charge on any atom is -0.115 e. The predicted molar refractivity (Wildman–Crippen MR) is 169 cm³/mol. The third-order valence-corrected chi connectivity index (χ3v) is 4.68. The van der Waals surface area contributed by atoms with Crippen LogP contribution < -0.4 is 0 Å². The van der Waals surface area contributed by atoms with Crippen LogP contribution in [-0.2, 0) is 6.42 Å². The third-order valence-electron chi connectivity index (χ3n) is 3.90. The minimum absolute atomic E-state index is 0.130. The van der Waals surface area contributed by atoms with Crippen LogP contribution in [0, 0.1) is 19.8 Å². The molecule has 0 amide bonds. The summed E-state index contributed by atoms with van der Waals surface area (Å²) in [6.07, 6.45) is 4.35. The van der Waals surface area contributed by atoms with Crippen molar-refractivity contribution < 1.29 is 0 Å². The Morgan fingerprint density at radius 2 is 1.12 bits per heavy atom. The van der Waals surface area contributed by atoms with Crippen molar-refractivity contribution in [2.24, 2.45) is 5.92 Å². The van der Waals surface area contributed by atoms with Gasteiger partial charge in [-0.2, -0.15) is 0 Å². The topological polar surface area (TPSA) is 0 Å². The molecule has 0 nitrogen and oxygen atoms in total. The van der Waals surface area contributed by atoms with E-state index in [1.807, 2.05) is 76.2 Å². The van der Waals surface area contributed by atoms with E-state index in [1.54, 1.807) is 0 Å². The summed E-state index contributed by atoms with van der Waals surface area (Å²) >= 11 is 6.26. The zero-order chi connectivity index (χ0) is 28.9. The largest absolute Gasteiger partial charge is 0.115 e. The average Bonchev–Trinajstić information content (AvgIpc) is 2.78. The van der Waals surface area contributed by atoms with Gasteiger partial charge in [-0.25, -0.2) is 0 Å². The fraction of sp³-hybridized carbons (Fsp3) is 0.697. The quantitative estimate of drug-likeness (QED) is 0.270. The first-order chi connectivity index (χ1) is 15.9. The molecule has 1 aromatic carbocycles. The maximum atomic E-state index is 6.26. The Morgan fingerprint density at radius 1 is 0.794 bits per heavy atom. The number of benzene rings is 1. The third kappa shape index (κ3) is 35.6. The molecule has 1 rings (SSSR count). The van der Waals surface area contributed by atoms with Gasteiger partial charge >= 0.3 is 0 Å². The number of hydrogen-bond donors (Lipinski definition) is 0. The first-order valence-corrected chi connectivity index (χ1v) is 14.3. The van der Waals surface area contributed by atoms with Crippen LogP contribution in [-0.4, -0.2) is 4.87 Å². The van der Waals surface area contributed by atoms with E-state index < -0.39 is 0 Å². The predicted octanol–water partition coefficient (Wildman–Crippen LogP) is 12.9. The minimum atomic E-state index is -0.130. The molecule has 1 heteroatoms. The number of allylic oxidation sites excluding steroid dienone is 2. The summed E-state index contributed by atoms with van der Waals surface area (Å²) in [6.45, 7) is 42.5. The van der Waals surface area contributed by atoms with E-state index in [-0.39, 0.29) is 4.87 Å². The van der Waals surface area contributed by atoms with Gasteiger partial charge in [0.05, 0.1) is 4.87 Å². The van der Waals surface area contributed by atoms with Gasteiger partial charge in [0.2, 0.25) is 0 Å². The second-order valence-corrected chi connectivity index (χ2v) is 8.87. The molecule has 0 spiro atoms. The molecule has 0 bridgehead atoms. The van der Waals surface area contributed by atoms with Gasteiger partial charge in [-0.05, 0) is 65.4 Å². The summed E-state index contributed by atoms with van der Waals surface area (Å²) in [4.78, 5) is -0.130. The molecule has 0 aromatic heterocycles. The molecular weight excluding hydrogens is 432 g/mol. The standard InChI is InChI=1S/C12H18.C9H17Cl.C4H8.4C2H6/c1-9(2)5-12-7-10(3)6-11(4)8-12;1-5-7-9(10,6-2)8(3)4;1-4(2)3;4*1-2/h6-9H,5H2,1-4H3;3,5-7H2,1-2,4H3;1H2,2-3H3;4*1-2H3. The molecule has 0 saturated heterocycles. The van der Waals surface area contributed by atoms with Gasteiger partial charge in [-0.1, -0.05) is 137 Å². The van der Waals surface area contributed by atoms with Gasteiger partial charge in [0.25, 0.3) is 0 Å². The number of alkyl halides is 1. The van der Waals surface area contributed by atoms with Crippen LogP contribution in [0.4, 0.5) is 0 Å². The van der Waals surface area contributed by atoms with Crippen molar-refractivity contribution in [2.45, 2.75) is 148 Å². The van der Waals surface area contributed by atoms with Crippen molar-refractivity contribution in [3.8, 4) is 0 Å². The Morgan fingerprint density at radius 3 is 1.29 bits per heavy atom. The van der Waals surface area contributed by atoms with Crippen LogP contribution in [0.2, 0.25) is 0 Å². The number of halogens is 1. The fourth-order valence-corrected chi connectivity index (χ4v) is 2.94. The molecule has 0 radical (unpaired) electrons. The van der Waals surface area contributed by atoms with Crippen molar-refractivity contribution in [3.05, 3.63) is 59.2 Å². The maximum Gasteiger partial charge on any atom is 0.0647 e. The molecule has 34 heavy (non-hydrogen) atoms. The second-order valence-electron chi connectivity index (χ2n) is 8.15. The normalized spacial score (nSPS) is 10.1. The zero-order valence-corrected chi connectivity index (χ0v) is 27.7. The van der Waals surface area contributed by atoms with Crippen LogP contribution in [0.3, 0.4) is 0 Å². The molecule has 0 heterocycles. The summed E-state index contributed by atoms with van der Waals surface area (Å²) < 4.78 is 0. The van der Waals surface area contributed by atoms with Crippen molar-refractivity contribution in [1.29, 1.82) is 0 Å². The lowest BCUT2D eigenvalue weighted by Gasteiger charge is -2.25. The molecule has 0 aliphatic rings. The second kappa shape index (κ2) is 34.2. The van der Waals surface area contributed by atoms with E-state index in [1.165, 1.54) is 28.7 Å². The summed E-state index contributed by atoms with van der Waals surface area (Å²) in [5.74, 6) is 0.756. The fourth-order valence-electron chi connectivity index (χ4n) is 2.75. The first kappa shape index (κ1) is 46.3. The van der Waals surface area contributed by atoms with Gasteiger partial charge in [0.1, 0.15) is 0 Å². The first-order valence-electron chi connectivity index (χ1n) is 13.9. The average molecular weight is 499 g/mol. The van der Waals surface area contributed by atoms with Crippen LogP contribution in [0.25, 0.3) is 0 Å². The molecule has 1 aromatic rings. The molecule has 206 valence electrons. The van der Waals surface area contributed by atoms with Crippen molar-refractivity contribution >= 4 is 11.6 Å². The summed E-state index contributed by atoms with van der Waals surface area (Å²) in [6, 6.07) is 6.80. The van der Waals surface area contributed by atoms with Crippen LogP contribution in [0.1, 0.15) is 140 Å². The van der Waals surface area contributed by atoms with Gasteiger partial charge in [-0.3, -0.25) is 0 Å². The highest BCUT2D eigenvalue weighted by molar-refractivity contribution is 6.25. The smallest absolute Gasteiger partial charge is 0.0647 e. The summed E-state index contributed by atoms with van der Waals surface area (Å²) in [5.41, 5.74) is 6.50. The SMILES string of the molecule is C=C(C)C.C=C(C)C(Cl)(CC)CCC.CC.CC.CC.CC.Cc1cc(C)cc(CC(C)C)c1. The monoisotopic (exact) mass is 498 g/mol. The lowest BCUT2D eigenvalue weighted by Crippen LogP contribution is -2.20. The Balaban J connectivity index is -0.0000000802. The maximum absolute atomic E-state index is 6.26. The lowest BCUT2D eigenvalue weighted by molar-refractivity contribution is 0.573. The molecule has 0 fully saturated rings. The molecule has 0 aliphatic carbocycles. The Kier molecular flexibility index (Phi) is 46.6. The molecule has 1 atom stereocenters. The Labute approximate surface area is 224 Å². The molecule has 1 unspecified atom stereocenters. The Hall–Kier alpha value is -1.01. The van der Waals surface area contributed by atoms with E-state index in [2.05, 4.69) is 72.9 Å². The highest BCUT2D eigenvalue weighted by Crippen LogP contribution is 2.32. The Bertz CT molecular complexity index is 515. The molecule has 0 saturated carbocycles. The lowest BCUT2D eigenvalue weighted by atomic mass is 9.93. The van der Waals surface area contributed by atoms with Crippen LogP contribution >= 0.6 is 11.6 Å². The van der Waals surface area contributed by atoms with Crippen molar-refractivity contribution in [3.63, 3.8) is 0 Å². The summed E-state index contributed by atoms with van der Waals surface area (Å²) in [5, 5.41) is 0. The van der Waals surface area contributed by atoms with Crippen molar-refractivity contribution in [1.82, 2.24) is 0 Å². The molecular formula is C33H67Cl. The van der Waals surface area contributed by atoms with Crippen molar-refractivity contribution in [2.75, 3.05) is 0 Å². The van der Waals surface area contributed by atoms with Gasteiger partial charge in [0.15, 0.2) is 0 Å². The molecule has 0 aliphatic heterocycles. The van der Waals surface area contributed by atoms with Gasteiger partial charge in [0, 0.05) is 0 Å². The van der Waals surface area contributed by atoms with E-state index in [9.17, 15) is 0 Å². The van der Waals surface area contributed by atoms with E-state index in [0.717, 1.165) is 30.8 Å². The zero-order valence-electron chi connectivity index (χ0n) is 26.9. The van der Waals surface area contributed by atoms with Crippen LogP contribution in [0.15, 0.2) is 42.5 Å².